The van der Waals surface area contributed by atoms with Gasteiger partial charge in [-0.25, -0.2) is 9.97 Å². The van der Waals surface area contributed by atoms with Crippen LogP contribution in [-0.2, 0) is 6.42 Å². The van der Waals surface area contributed by atoms with E-state index in [-0.39, 0.29) is 11.5 Å². The minimum atomic E-state index is 0.159. The van der Waals surface area contributed by atoms with Crippen molar-refractivity contribution < 1.29 is 0 Å². The van der Waals surface area contributed by atoms with Crippen molar-refractivity contribution in [1.82, 2.24) is 9.97 Å². The number of hydrogen-bond acceptors (Lipinski definition) is 5. The van der Waals surface area contributed by atoms with Gasteiger partial charge in [-0.2, -0.15) is 0 Å². The quantitative estimate of drug-likeness (QED) is 0.722. The molecular formula is C22H24N4S. The molecule has 1 saturated heterocycles. The first kappa shape index (κ1) is 16.9. The molecule has 1 fully saturated rings. The number of aromatic nitrogens is 2. The van der Waals surface area contributed by atoms with Crippen molar-refractivity contribution in [2.75, 3.05) is 18.0 Å². The van der Waals surface area contributed by atoms with Gasteiger partial charge in [-0.05, 0) is 54.9 Å². The molecule has 1 aliphatic carbocycles. The second-order valence-corrected chi connectivity index (χ2v) is 8.79. The van der Waals surface area contributed by atoms with Crippen molar-refractivity contribution in [2.24, 2.45) is 11.1 Å². The van der Waals surface area contributed by atoms with Crippen molar-refractivity contribution in [1.29, 1.82) is 0 Å². The highest BCUT2D eigenvalue weighted by molar-refractivity contribution is 7.13. The van der Waals surface area contributed by atoms with Crippen LogP contribution in [0.1, 0.15) is 35.7 Å². The van der Waals surface area contributed by atoms with E-state index in [9.17, 15) is 0 Å². The van der Waals surface area contributed by atoms with Crippen LogP contribution in [0.25, 0.3) is 10.6 Å². The van der Waals surface area contributed by atoms with Crippen LogP contribution in [0.3, 0.4) is 0 Å². The van der Waals surface area contributed by atoms with Crippen LogP contribution in [0.5, 0.6) is 0 Å². The Labute approximate surface area is 164 Å². The normalized spacial score (nSPS) is 20.8. The van der Waals surface area contributed by atoms with Crippen LogP contribution < -0.4 is 10.6 Å². The van der Waals surface area contributed by atoms with Crippen LogP contribution in [0, 0.1) is 12.3 Å². The summed E-state index contributed by atoms with van der Waals surface area (Å²) in [6, 6.07) is 13.2. The largest absolute Gasteiger partial charge is 0.357 e. The SMILES string of the molecule is Cc1cc(-c2nccs2)cc(N2CCC3(CC2)Cc2ccccc2[C@H]3N)n1. The van der Waals surface area contributed by atoms with Gasteiger partial charge in [0.2, 0.25) is 0 Å². The van der Waals surface area contributed by atoms with Gasteiger partial charge in [0.1, 0.15) is 10.8 Å². The van der Waals surface area contributed by atoms with Crippen LogP contribution in [-0.4, -0.2) is 23.1 Å². The number of nitrogens with zero attached hydrogens (tertiary/aromatic N) is 3. The van der Waals surface area contributed by atoms with Gasteiger partial charge < -0.3 is 10.6 Å². The minimum Gasteiger partial charge on any atom is -0.357 e. The molecule has 1 atom stereocenters. The minimum absolute atomic E-state index is 0.159. The highest BCUT2D eigenvalue weighted by Crippen LogP contribution is 2.51. The molecule has 0 amide bonds. The first-order valence-electron chi connectivity index (χ1n) is 9.62. The third-order valence-electron chi connectivity index (χ3n) is 6.29. The molecule has 0 bridgehead atoms. The maximum absolute atomic E-state index is 6.71. The Hall–Kier alpha value is -2.24. The lowest BCUT2D eigenvalue weighted by atomic mass is 9.73. The predicted molar refractivity (Wildman–Crippen MR) is 111 cm³/mol. The van der Waals surface area contributed by atoms with E-state index in [0.717, 1.165) is 54.4 Å². The standard InChI is InChI=1S/C22H24N4S/c1-15-12-17(21-24-8-11-27-21)13-19(25-15)26-9-6-22(7-10-26)14-16-4-2-3-5-18(16)20(22)23/h2-5,8,11-13,20H,6-7,9-10,14,23H2,1H3/t20-/m1/s1. The van der Waals surface area contributed by atoms with Gasteiger partial charge in [0.05, 0.1) is 0 Å². The smallest absolute Gasteiger partial charge is 0.129 e. The number of aryl methyl sites for hydroxylation is 1. The fourth-order valence-corrected chi connectivity index (χ4v) is 5.42. The summed E-state index contributed by atoms with van der Waals surface area (Å²) in [4.78, 5) is 11.7. The number of nitrogens with two attached hydrogens (primary N) is 1. The molecule has 2 N–H and O–H groups in total. The Morgan fingerprint density at radius 2 is 2.00 bits per heavy atom. The molecule has 1 aliphatic heterocycles. The summed E-state index contributed by atoms with van der Waals surface area (Å²) in [7, 11) is 0. The average Bonchev–Trinajstić information content (AvgIpc) is 3.30. The van der Waals surface area contributed by atoms with Gasteiger partial charge in [-0.3, -0.25) is 0 Å². The number of hydrogen-bond donors (Lipinski definition) is 1. The first-order valence-corrected chi connectivity index (χ1v) is 10.5. The zero-order valence-corrected chi connectivity index (χ0v) is 16.4. The number of rotatable bonds is 2. The molecule has 1 aromatic carbocycles. The Kier molecular flexibility index (Phi) is 4.02. The number of fused-ring (bicyclic) bond motifs is 1. The topological polar surface area (TPSA) is 55.0 Å². The fourth-order valence-electron chi connectivity index (χ4n) is 4.79. The van der Waals surface area contributed by atoms with E-state index >= 15 is 0 Å². The Balaban J connectivity index is 1.37. The Morgan fingerprint density at radius 1 is 1.19 bits per heavy atom. The molecule has 3 aromatic rings. The number of piperidine rings is 1. The van der Waals surface area contributed by atoms with E-state index in [0.29, 0.717) is 0 Å². The van der Waals surface area contributed by atoms with Crippen LogP contribution in [0.2, 0.25) is 0 Å². The van der Waals surface area contributed by atoms with Crippen LogP contribution in [0.15, 0.2) is 48.0 Å². The molecule has 27 heavy (non-hydrogen) atoms. The van der Waals surface area contributed by atoms with E-state index in [1.807, 2.05) is 11.6 Å². The van der Waals surface area contributed by atoms with Gasteiger partial charge in [0.25, 0.3) is 0 Å². The highest BCUT2D eigenvalue weighted by Gasteiger charge is 2.45. The number of pyridine rings is 1. The van der Waals surface area contributed by atoms with E-state index in [2.05, 4.69) is 53.2 Å². The highest BCUT2D eigenvalue weighted by atomic mass is 32.1. The zero-order chi connectivity index (χ0) is 18.4. The third-order valence-corrected chi connectivity index (χ3v) is 7.12. The first-order chi connectivity index (χ1) is 13.1. The molecule has 0 saturated carbocycles. The number of anilines is 1. The maximum Gasteiger partial charge on any atom is 0.129 e. The van der Waals surface area contributed by atoms with Gasteiger partial charge in [0, 0.05) is 42.0 Å². The molecular weight excluding hydrogens is 352 g/mol. The van der Waals surface area contributed by atoms with Crippen molar-refractivity contribution >= 4 is 17.2 Å². The summed E-state index contributed by atoms with van der Waals surface area (Å²) in [5.74, 6) is 1.07. The molecule has 138 valence electrons. The molecule has 5 heteroatoms. The summed E-state index contributed by atoms with van der Waals surface area (Å²) in [5, 5.41) is 3.08. The molecule has 0 radical (unpaired) electrons. The lowest BCUT2D eigenvalue weighted by Gasteiger charge is -2.42. The van der Waals surface area contributed by atoms with Crippen molar-refractivity contribution in [3.63, 3.8) is 0 Å². The molecule has 0 unspecified atom stereocenters. The third kappa shape index (κ3) is 2.86. The van der Waals surface area contributed by atoms with Gasteiger partial charge in [-0.1, -0.05) is 24.3 Å². The fraction of sp³-hybridized carbons (Fsp3) is 0.364. The predicted octanol–water partition coefficient (Wildman–Crippen LogP) is 4.36. The number of thiazole rings is 1. The van der Waals surface area contributed by atoms with Crippen molar-refractivity contribution in [3.8, 4) is 10.6 Å². The van der Waals surface area contributed by atoms with Gasteiger partial charge >= 0.3 is 0 Å². The van der Waals surface area contributed by atoms with E-state index in [1.54, 1.807) is 11.3 Å². The Morgan fingerprint density at radius 3 is 2.74 bits per heavy atom. The monoisotopic (exact) mass is 376 g/mol. The molecule has 5 rings (SSSR count). The van der Waals surface area contributed by atoms with E-state index in [1.165, 1.54) is 11.1 Å². The average molecular weight is 377 g/mol. The summed E-state index contributed by atoms with van der Waals surface area (Å²) < 4.78 is 0. The number of benzene rings is 1. The second kappa shape index (κ2) is 6.43. The maximum atomic E-state index is 6.71. The molecule has 1 spiro atoms. The molecule has 3 heterocycles. The lowest BCUT2D eigenvalue weighted by Crippen LogP contribution is -2.44. The summed E-state index contributed by atoms with van der Waals surface area (Å²) in [6.45, 7) is 4.08. The van der Waals surface area contributed by atoms with Gasteiger partial charge in [-0.15, -0.1) is 11.3 Å². The van der Waals surface area contributed by atoms with E-state index in [4.69, 9.17) is 10.7 Å². The molecule has 4 nitrogen and oxygen atoms in total. The molecule has 2 aliphatic rings. The molecule has 2 aromatic heterocycles. The second-order valence-electron chi connectivity index (χ2n) is 7.90. The van der Waals surface area contributed by atoms with Crippen LogP contribution >= 0.6 is 11.3 Å². The summed E-state index contributed by atoms with van der Waals surface area (Å²) in [6.07, 6.45) is 5.21. The summed E-state index contributed by atoms with van der Waals surface area (Å²) >= 11 is 1.67. The van der Waals surface area contributed by atoms with Gasteiger partial charge in [0.15, 0.2) is 0 Å². The Bertz CT molecular complexity index is 958. The van der Waals surface area contributed by atoms with Crippen LogP contribution in [0.4, 0.5) is 5.82 Å². The van der Waals surface area contributed by atoms with Crippen molar-refractivity contribution in [2.45, 2.75) is 32.2 Å². The zero-order valence-electron chi connectivity index (χ0n) is 15.6. The van der Waals surface area contributed by atoms with E-state index < -0.39 is 0 Å². The summed E-state index contributed by atoms with van der Waals surface area (Å²) in [5.41, 5.74) is 11.9. The van der Waals surface area contributed by atoms with Crippen molar-refractivity contribution in [3.05, 3.63) is 64.8 Å². The lowest BCUT2D eigenvalue weighted by molar-refractivity contribution is 0.187.